The number of oxazole rings is 2. The molecule has 8 aromatic heterocycles. The van der Waals surface area contributed by atoms with Crippen LogP contribution in [0.25, 0.3) is 0 Å². The molecule has 0 N–H and O–H groups in total. The van der Waals surface area contributed by atoms with E-state index >= 15 is 0 Å². The van der Waals surface area contributed by atoms with Crippen LogP contribution >= 0.6 is 45.7 Å². The molecule has 0 aliphatic carbocycles. The Labute approximate surface area is 562 Å². The summed E-state index contributed by atoms with van der Waals surface area (Å²) in [6.45, 7) is 77.3. The first-order chi connectivity index (χ1) is 40.5. The normalized spacial score (nSPS) is 12.8. The molecule has 1 aliphatic heterocycles. The topological polar surface area (TPSA) is 168 Å². The van der Waals surface area contributed by atoms with E-state index in [0.29, 0.717) is 5.41 Å². The van der Waals surface area contributed by atoms with Crippen LogP contribution in [0.15, 0.2) is 82.3 Å². The molecular weight excluding hydrogens is 1200 g/mol. The minimum atomic E-state index is 0.0846. The number of allylic oxidation sites excluding steroid dienone is 1. The summed E-state index contributed by atoms with van der Waals surface area (Å²) in [7, 11) is 0. The second-order valence-electron chi connectivity index (χ2n) is 32.2. The fraction of sp³-hybridized carbons (Fsp3) is 0.630. The Morgan fingerprint density at radius 3 is 1.20 bits per heavy atom. The molecule has 504 valence electrons. The van der Waals surface area contributed by atoms with E-state index in [-0.39, 0.29) is 43.3 Å². The van der Waals surface area contributed by atoms with E-state index in [2.05, 4.69) is 268 Å². The van der Waals surface area contributed by atoms with Crippen LogP contribution in [0, 0.1) is 60.8 Å². The maximum absolute atomic E-state index is 5.34. The number of nitrogens with zero attached hydrogens (tertiary/aromatic N) is 9. The molecule has 9 rings (SSSR count). The van der Waals surface area contributed by atoms with Crippen molar-refractivity contribution in [3.8, 4) is 0 Å². The molecular formula is C73H119N9O4S4. The van der Waals surface area contributed by atoms with Gasteiger partial charge in [0.25, 0.3) is 0 Å². The summed E-state index contributed by atoms with van der Waals surface area (Å²) in [6.07, 6.45) is 9.39. The zero-order chi connectivity index (χ0) is 70.0. The Morgan fingerprint density at radius 1 is 0.444 bits per heavy atom. The molecule has 0 fully saturated rings. The number of hydrogen-bond acceptors (Lipinski definition) is 17. The SMILES string of the molecule is CC1=NCC(C(C)(C)C)=C1.Cc1cc(C(C)(C)C)on1.Cc1cc(C(C)(C)C)sn1.Cc1nc(C(C)(C)C)co1.Cc1nc(C(C)(C)C)cs1.Cc1ncc(C(C)(C)C)o1.Cc1ncc(C(C)(C)C)s1.Cc1nocc1C(C)(C)C.Cc1nscc1C(C)(C)C. The Bertz CT molecular complexity index is 2940. The van der Waals surface area contributed by atoms with E-state index in [1.165, 1.54) is 43.6 Å². The van der Waals surface area contributed by atoms with Crippen LogP contribution < -0.4 is 0 Å². The number of rotatable bonds is 0. The molecule has 0 saturated heterocycles. The average Bonchev–Trinajstić information content (AvgIpc) is 3.05. The van der Waals surface area contributed by atoms with Crippen LogP contribution in [0.3, 0.4) is 0 Å². The van der Waals surface area contributed by atoms with Gasteiger partial charge in [-0.2, -0.15) is 8.75 Å². The van der Waals surface area contributed by atoms with Gasteiger partial charge in [0.2, 0.25) is 0 Å². The Balaban J connectivity index is 0.000000506. The third kappa shape index (κ3) is 31.9. The summed E-state index contributed by atoms with van der Waals surface area (Å²) in [4.78, 5) is 23.9. The van der Waals surface area contributed by atoms with Gasteiger partial charge in [-0.1, -0.05) is 197 Å². The third-order valence-corrected chi connectivity index (χ3v) is 17.3. The van der Waals surface area contributed by atoms with Crippen molar-refractivity contribution in [1.82, 2.24) is 39.0 Å². The first-order valence-corrected chi connectivity index (χ1v) is 34.5. The van der Waals surface area contributed by atoms with Crippen molar-refractivity contribution in [2.75, 3.05) is 6.54 Å². The number of thiazole rings is 2. The molecule has 1 aliphatic rings. The van der Waals surface area contributed by atoms with Crippen LogP contribution in [-0.2, 0) is 43.3 Å². The zero-order valence-electron chi connectivity index (χ0n) is 62.7. The van der Waals surface area contributed by atoms with Crippen molar-refractivity contribution in [1.29, 1.82) is 0 Å². The van der Waals surface area contributed by atoms with Gasteiger partial charge in [-0.05, 0) is 122 Å². The van der Waals surface area contributed by atoms with Gasteiger partial charge in [0.05, 0.1) is 56.9 Å². The molecule has 0 aromatic carbocycles. The fourth-order valence-corrected chi connectivity index (χ4v) is 10.7. The van der Waals surface area contributed by atoms with Crippen LogP contribution in [0.2, 0.25) is 0 Å². The quantitative estimate of drug-likeness (QED) is 0.141. The molecule has 0 radical (unpaired) electrons. The van der Waals surface area contributed by atoms with Crippen LogP contribution in [0.5, 0.6) is 0 Å². The maximum Gasteiger partial charge on any atom is 0.191 e. The Hall–Kier alpha value is -5.23. The van der Waals surface area contributed by atoms with Gasteiger partial charge in [0.15, 0.2) is 11.8 Å². The van der Waals surface area contributed by atoms with Gasteiger partial charge in [-0.25, -0.2) is 19.9 Å². The molecule has 13 nitrogen and oxygen atoms in total. The monoisotopic (exact) mass is 1310 g/mol. The van der Waals surface area contributed by atoms with Gasteiger partial charge >= 0.3 is 0 Å². The first-order valence-electron chi connectivity index (χ1n) is 31.2. The molecule has 0 atom stereocenters. The van der Waals surface area contributed by atoms with E-state index < -0.39 is 0 Å². The van der Waals surface area contributed by atoms with E-state index in [1.807, 2.05) is 60.7 Å². The molecule has 0 spiro atoms. The highest BCUT2D eigenvalue weighted by Crippen LogP contribution is 2.31. The van der Waals surface area contributed by atoms with Gasteiger partial charge in [0, 0.05) is 79.6 Å². The molecule has 0 amide bonds. The molecule has 0 unspecified atom stereocenters. The molecule has 0 saturated carbocycles. The highest BCUT2D eigenvalue weighted by Gasteiger charge is 2.23. The second-order valence-corrected chi connectivity index (χ2v) is 35.9. The zero-order valence-corrected chi connectivity index (χ0v) is 66.0. The summed E-state index contributed by atoms with van der Waals surface area (Å²) in [6, 6.07) is 4.13. The summed E-state index contributed by atoms with van der Waals surface area (Å²) >= 11 is 6.65. The minimum Gasteiger partial charge on any atom is -0.449 e. The molecule has 90 heavy (non-hydrogen) atoms. The fourth-order valence-electron chi connectivity index (χ4n) is 7.30. The van der Waals surface area contributed by atoms with Crippen molar-refractivity contribution in [2.45, 2.75) is 293 Å². The molecule has 17 heteroatoms. The van der Waals surface area contributed by atoms with Gasteiger partial charge in [0.1, 0.15) is 24.0 Å². The Kier molecular flexibility index (Phi) is 31.3. The van der Waals surface area contributed by atoms with Crippen LogP contribution in [-0.4, -0.2) is 51.3 Å². The average molecular weight is 1320 g/mol. The lowest BCUT2D eigenvalue weighted by atomic mass is 9.87. The predicted molar refractivity (Wildman–Crippen MR) is 387 cm³/mol. The van der Waals surface area contributed by atoms with E-state index in [0.717, 1.165) is 62.6 Å². The van der Waals surface area contributed by atoms with Gasteiger partial charge in [-0.15, -0.1) is 22.7 Å². The number of aromatic nitrogens is 8. The highest BCUT2D eigenvalue weighted by atomic mass is 32.1. The third-order valence-electron chi connectivity index (χ3n) is 13.2. The second kappa shape index (κ2) is 34.1. The Morgan fingerprint density at radius 2 is 1.00 bits per heavy atom. The number of aliphatic imine (C=N–C) groups is 1. The van der Waals surface area contributed by atoms with Gasteiger partial charge < -0.3 is 17.9 Å². The number of hydrogen-bond donors (Lipinski definition) is 0. The van der Waals surface area contributed by atoms with Crippen LogP contribution in [0.4, 0.5) is 0 Å². The van der Waals surface area contributed by atoms with E-state index in [9.17, 15) is 0 Å². The summed E-state index contributed by atoms with van der Waals surface area (Å²) in [5.41, 5.74) is 13.4. The summed E-state index contributed by atoms with van der Waals surface area (Å²) in [5, 5.41) is 14.2. The van der Waals surface area contributed by atoms with Crippen molar-refractivity contribution < 1.29 is 17.9 Å². The minimum absolute atomic E-state index is 0.0846. The first kappa shape index (κ1) is 82.8. The summed E-state index contributed by atoms with van der Waals surface area (Å²) < 4.78 is 28.8. The maximum atomic E-state index is 5.34. The highest BCUT2D eigenvalue weighted by molar-refractivity contribution is 7.11. The lowest BCUT2D eigenvalue weighted by Crippen LogP contribution is -2.11. The van der Waals surface area contributed by atoms with Crippen molar-refractivity contribution in [3.05, 3.63) is 148 Å². The lowest BCUT2D eigenvalue weighted by Gasteiger charge is -2.18. The smallest absolute Gasteiger partial charge is 0.191 e. The summed E-state index contributed by atoms with van der Waals surface area (Å²) in [5.74, 6) is 3.38. The van der Waals surface area contributed by atoms with Crippen molar-refractivity contribution in [3.63, 3.8) is 0 Å². The standard InChI is InChI=1S/C9H15N.4C8H13NO.4C8H13NS/c1-7-5-8(6-10-7)9(2,3)4;1-6-9-7(5-10-6)8(2,3)4;1-6-9-5-7(10-6)8(2,3)4;1-6-7(5-10-9-6)8(2,3)4;1-6-5-7(10-9-6)8(2,3)4;1-6-9-7(5-10-6)8(2,3)4;1-6-9-5-7(10-6)8(2,3)4;1-6-7(5-10-9-6)8(2,3)4;1-6-5-7(10-9-6)8(2,3)4/h5H,6H2,1-4H3;8*5H,1-4H3. The molecule has 8 aromatic rings. The number of aryl methyl sites for hydroxylation is 8. The van der Waals surface area contributed by atoms with Crippen molar-refractivity contribution in [2.24, 2.45) is 10.4 Å². The van der Waals surface area contributed by atoms with E-state index in [4.69, 9.17) is 17.9 Å². The largest absolute Gasteiger partial charge is 0.449 e. The lowest BCUT2D eigenvalue weighted by molar-refractivity contribution is 0.327. The van der Waals surface area contributed by atoms with Crippen molar-refractivity contribution >= 4 is 51.5 Å². The molecule has 9 heterocycles. The molecule has 0 bridgehead atoms. The predicted octanol–water partition coefficient (Wildman–Crippen LogP) is 22.6. The van der Waals surface area contributed by atoms with E-state index in [1.54, 1.807) is 64.5 Å². The van der Waals surface area contributed by atoms with Crippen LogP contribution in [0.1, 0.15) is 282 Å². The van der Waals surface area contributed by atoms with Gasteiger partial charge in [-0.3, -0.25) is 4.99 Å².